The predicted octanol–water partition coefficient (Wildman–Crippen LogP) is 7.19. The highest BCUT2D eigenvalue weighted by Gasteiger charge is 2.33. The van der Waals surface area contributed by atoms with Crippen molar-refractivity contribution in [1.82, 2.24) is 4.72 Å². The van der Waals surface area contributed by atoms with E-state index in [1.54, 1.807) is 0 Å². The van der Waals surface area contributed by atoms with Gasteiger partial charge in [-0.1, -0.05) is 48.0 Å². The summed E-state index contributed by atoms with van der Waals surface area (Å²) >= 11 is 6.16. The summed E-state index contributed by atoms with van der Waals surface area (Å²) in [5, 5.41) is 0.706. The van der Waals surface area contributed by atoms with Crippen LogP contribution in [0.5, 0.6) is 0 Å². The van der Waals surface area contributed by atoms with Gasteiger partial charge in [-0.25, -0.2) is 13.7 Å². The van der Waals surface area contributed by atoms with Crippen molar-refractivity contribution in [2.45, 2.75) is 51.3 Å². The van der Waals surface area contributed by atoms with E-state index in [-0.39, 0.29) is 16.8 Å². The third-order valence-corrected chi connectivity index (χ3v) is 8.83. The lowest BCUT2D eigenvalue weighted by Crippen LogP contribution is -2.42. The van der Waals surface area contributed by atoms with Crippen molar-refractivity contribution < 1.29 is 13.7 Å². The van der Waals surface area contributed by atoms with Crippen LogP contribution in [0.1, 0.15) is 62.5 Å². The van der Waals surface area contributed by atoms with Crippen molar-refractivity contribution in [3.8, 4) is 11.1 Å². The molecular formula is C31H37ClN2O3S. The summed E-state index contributed by atoms with van der Waals surface area (Å²) in [6.07, 6.45) is 1.90. The molecule has 5 nitrogen and oxygen atoms in total. The number of halogens is 1. The number of benzene rings is 3. The van der Waals surface area contributed by atoms with E-state index < -0.39 is 11.0 Å². The fraction of sp³-hybridized carbons (Fsp3) is 0.387. The van der Waals surface area contributed by atoms with Gasteiger partial charge in [0.25, 0.3) is 0 Å². The first-order chi connectivity index (χ1) is 18.2. The molecule has 3 aromatic carbocycles. The molecule has 1 fully saturated rings. The van der Waals surface area contributed by atoms with Crippen LogP contribution in [0.4, 0.5) is 5.69 Å². The molecule has 4 rings (SSSR count). The molecule has 0 saturated carbocycles. The van der Waals surface area contributed by atoms with Gasteiger partial charge in [0, 0.05) is 29.8 Å². The minimum absolute atomic E-state index is 0.0599. The summed E-state index contributed by atoms with van der Waals surface area (Å²) < 4.78 is 21.6. The van der Waals surface area contributed by atoms with Gasteiger partial charge in [-0.15, -0.1) is 0 Å². The molecule has 38 heavy (non-hydrogen) atoms. The molecule has 1 aliphatic heterocycles. The van der Waals surface area contributed by atoms with Crippen LogP contribution in [0, 0.1) is 5.92 Å². The molecule has 0 aliphatic carbocycles. The first kappa shape index (κ1) is 28.3. The summed E-state index contributed by atoms with van der Waals surface area (Å²) in [6, 6.07) is 23.9. The Bertz CT molecular complexity index is 1250. The molecule has 0 aromatic heterocycles. The lowest BCUT2D eigenvalue weighted by molar-refractivity contribution is 0.0526. The normalized spacial score (nSPS) is 16.2. The Morgan fingerprint density at radius 1 is 1.03 bits per heavy atom. The lowest BCUT2D eigenvalue weighted by atomic mass is 9.83. The molecule has 1 heterocycles. The number of anilines is 1. The molecule has 0 unspecified atom stereocenters. The van der Waals surface area contributed by atoms with Crippen LogP contribution in [0.15, 0.2) is 72.8 Å². The van der Waals surface area contributed by atoms with Crippen molar-refractivity contribution in [3.05, 3.63) is 88.9 Å². The smallest absolute Gasteiger partial charge is 0.338 e. The molecule has 0 bridgehead atoms. The maximum atomic E-state index is 13.3. The first-order valence-corrected chi connectivity index (χ1v) is 14.7. The average molecular weight is 553 g/mol. The number of ether oxygens (including phenoxy) is 1. The maximum Gasteiger partial charge on any atom is 0.338 e. The van der Waals surface area contributed by atoms with Gasteiger partial charge in [0.15, 0.2) is 0 Å². The Morgan fingerprint density at radius 3 is 2.26 bits per heavy atom. The van der Waals surface area contributed by atoms with Crippen molar-refractivity contribution in [2.24, 2.45) is 5.92 Å². The zero-order valence-electron chi connectivity index (χ0n) is 22.6. The van der Waals surface area contributed by atoms with Crippen molar-refractivity contribution in [2.75, 3.05) is 24.6 Å². The van der Waals surface area contributed by atoms with Crippen LogP contribution in [0.25, 0.3) is 11.1 Å². The highest BCUT2D eigenvalue weighted by Crippen LogP contribution is 2.38. The van der Waals surface area contributed by atoms with E-state index in [9.17, 15) is 9.00 Å². The number of carbonyl (C=O) groups excluding carboxylic acids is 1. The second-order valence-electron chi connectivity index (χ2n) is 10.7. The fourth-order valence-electron chi connectivity index (χ4n) is 4.88. The number of esters is 1. The molecule has 0 radical (unpaired) electrons. The molecule has 1 aliphatic rings. The average Bonchev–Trinajstić information content (AvgIpc) is 2.92. The van der Waals surface area contributed by atoms with E-state index in [1.165, 1.54) is 0 Å². The topological polar surface area (TPSA) is 58.6 Å². The van der Waals surface area contributed by atoms with E-state index in [0.717, 1.165) is 48.3 Å². The van der Waals surface area contributed by atoms with Crippen LogP contribution in [-0.2, 0) is 15.7 Å². The quantitative estimate of drug-likeness (QED) is 0.300. The van der Waals surface area contributed by atoms with Crippen LogP contribution in [-0.4, -0.2) is 34.6 Å². The van der Waals surface area contributed by atoms with Crippen LogP contribution in [0.2, 0.25) is 5.02 Å². The standard InChI is InChI=1S/C31H37ClN2O3S/c1-5-37-30(35)24-12-16-26(17-13-24)34-20-18-23(19-21-34)29(33-38(36)31(2,3)4)28-9-7-6-8-27(28)22-10-14-25(32)15-11-22/h6-17,23,29,33H,5,18-21H2,1-4H3/t29-,38+/m0/s1. The van der Waals surface area contributed by atoms with Gasteiger partial charge < -0.3 is 9.64 Å². The van der Waals surface area contributed by atoms with Gasteiger partial charge in [-0.2, -0.15) is 0 Å². The zero-order chi connectivity index (χ0) is 27.3. The molecule has 7 heteroatoms. The zero-order valence-corrected chi connectivity index (χ0v) is 24.1. The highest BCUT2D eigenvalue weighted by atomic mass is 35.5. The van der Waals surface area contributed by atoms with Crippen LogP contribution >= 0.6 is 11.6 Å². The summed E-state index contributed by atoms with van der Waals surface area (Å²) in [5.41, 5.74) is 5.05. The highest BCUT2D eigenvalue weighted by molar-refractivity contribution is 7.84. The summed E-state index contributed by atoms with van der Waals surface area (Å²) in [6.45, 7) is 9.94. The van der Waals surface area contributed by atoms with Gasteiger partial charge in [0.2, 0.25) is 0 Å². The first-order valence-electron chi connectivity index (χ1n) is 13.2. The molecule has 1 saturated heterocycles. The van der Waals surface area contributed by atoms with Crippen molar-refractivity contribution in [3.63, 3.8) is 0 Å². The molecule has 3 aromatic rings. The molecule has 1 N–H and O–H groups in total. The van der Waals surface area contributed by atoms with Gasteiger partial charge in [0.05, 0.1) is 27.9 Å². The number of nitrogens with zero attached hydrogens (tertiary/aromatic N) is 1. The van der Waals surface area contributed by atoms with Gasteiger partial charge in [0.1, 0.15) is 0 Å². The fourth-order valence-corrected chi connectivity index (χ4v) is 5.91. The number of carbonyl (C=O) groups is 1. The number of nitrogens with one attached hydrogen (secondary N) is 1. The molecule has 0 spiro atoms. The summed E-state index contributed by atoms with van der Waals surface area (Å²) in [5.74, 6) is 0.0164. The molecule has 0 amide bonds. The Morgan fingerprint density at radius 2 is 1.66 bits per heavy atom. The van der Waals surface area contributed by atoms with Gasteiger partial charge >= 0.3 is 5.97 Å². The molecule has 2 atom stereocenters. The van der Waals surface area contributed by atoms with E-state index in [1.807, 2.05) is 82.3 Å². The van der Waals surface area contributed by atoms with E-state index in [2.05, 4.69) is 27.8 Å². The second-order valence-corrected chi connectivity index (χ2v) is 13.1. The minimum Gasteiger partial charge on any atom is -0.462 e. The van der Waals surface area contributed by atoms with Crippen LogP contribution in [0.3, 0.4) is 0 Å². The Kier molecular flexibility index (Phi) is 9.29. The SMILES string of the molecule is CCOC(=O)c1ccc(N2CCC([C@H](N[S@](=O)C(C)(C)C)c3ccccc3-c3ccc(Cl)cc3)CC2)cc1. The number of rotatable bonds is 8. The van der Waals surface area contributed by atoms with Crippen molar-refractivity contribution >= 4 is 34.2 Å². The molecular weight excluding hydrogens is 516 g/mol. The minimum atomic E-state index is -1.22. The van der Waals surface area contributed by atoms with Crippen molar-refractivity contribution in [1.29, 1.82) is 0 Å². The monoisotopic (exact) mass is 552 g/mol. The third kappa shape index (κ3) is 6.85. The largest absolute Gasteiger partial charge is 0.462 e. The maximum absolute atomic E-state index is 13.3. The number of piperidine rings is 1. The Labute approximate surface area is 234 Å². The van der Waals surface area contributed by atoms with Crippen LogP contribution < -0.4 is 9.62 Å². The van der Waals surface area contributed by atoms with E-state index >= 15 is 0 Å². The number of hydrogen-bond donors (Lipinski definition) is 1. The predicted molar refractivity (Wildman–Crippen MR) is 158 cm³/mol. The van der Waals surface area contributed by atoms with E-state index in [4.69, 9.17) is 16.3 Å². The Hall–Kier alpha value is -2.67. The summed E-state index contributed by atoms with van der Waals surface area (Å²) in [7, 11) is -1.22. The Balaban J connectivity index is 1.57. The summed E-state index contributed by atoms with van der Waals surface area (Å²) in [4.78, 5) is 14.4. The second kappa shape index (κ2) is 12.5. The number of hydrogen-bond acceptors (Lipinski definition) is 4. The van der Waals surface area contributed by atoms with Gasteiger partial charge in [-0.05, 0) is 99.5 Å². The van der Waals surface area contributed by atoms with E-state index in [0.29, 0.717) is 23.1 Å². The third-order valence-electron chi connectivity index (χ3n) is 7.00. The lowest BCUT2D eigenvalue weighted by Gasteiger charge is -2.39. The molecule has 202 valence electrons. The van der Waals surface area contributed by atoms with Gasteiger partial charge in [-0.3, -0.25) is 0 Å².